The second-order valence-electron chi connectivity index (χ2n) is 14.8. The lowest BCUT2D eigenvalue weighted by Crippen LogP contribution is -2.06. The first kappa shape index (κ1) is 33.1. The monoisotopic (exact) mass is 755 g/mol. The molecule has 12 aromatic rings. The van der Waals surface area contributed by atoms with E-state index in [1.54, 1.807) is 0 Å². The Morgan fingerprint density at radius 2 is 0.898 bits per heavy atom. The number of fused-ring (bicyclic) bond motifs is 8. The van der Waals surface area contributed by atoms with Crippen LogP contribution in [0.2, 0.25) is 0 Å². The number of benzene rings is 8. The second kappa shape index (κ2) is 13.3. The standard InChI is InChI=1S/C53H33N5O/c1-4-15-34(16-5-1)35-27-29-37(30-28-35)43-33-42(36-17-6-2-7-18-36)54-53(55-43)58-46-31-32-48-50(56-52(59-48)38-19-8-3-9-20-38)49(46)41-23-14-26-47(51(41)58)57-44-24-12-10-21-39(44)40-22-11-13-25-45(40)57/h1-33H. The summed E-state index contributed by atoms with van der Waals surface area (Å²) < 4.78 is 11.1. The lowest BCUT2D eigenvalue weighted by Gasteiger charge is -2.15. The van der Waals surface area contributed by atoms with Crippen LogP contribution in [0.25, 0.3) is 111 Å². The van der Waals surface area contributed by atoms with E-state index in [2.05, 4.69) is 161 Å². The Bertz CT molecular complexity index is 3480. The van der Waals surface area contributed by atoms with Crippen molar-refractivity contribution in [1.82, 2.24) is 24.1 Å². The van der Waals surface area contributed by atoms with Gasteiger partial charge in [-0.25, -0.2) is 15.0 Å². The van der Waals surface area contributed by atoms with E-state index in [0.29, 0.717) is 11.8 Å². The fourth-order valence-electron chi connectivity index (χ4n) is 8.70. The van der Waals surface area contributed by atoms with E-state index < -0.39 is 0 Å². The summed E-state index contributed by atoms with van der Waals surface area (Å²) >= 11 is 0. The first-order valence-corrected chi connectivity index (χ1v) is 19.8. The molecule has 0 N–H and O–H groups in total. The highest BCUT2D eigenvalue weighted by Crippen LogP contribution is 2.42. The Labute approximate surface area is 338 Å². The van der Waals surface area contributed by atoms with Gasteiger partial charge in [-0.15, -0.1) is 0 Å². The van der Waals surface area contributed by atoms with Gasteiger partial charge in [0.1, 0.15) is 5.52 Å². The zero-order valence-corrected chi connectivity index (χ0v) is 31.7. The van der Waals surface area contributed by atoms with Crippen LogP contribution in [0.1, 0.15) is 0 Å². The van der Waals surface area contributed by atoms with E-state index in [-0.39, 0.29) is 0 Å². The Morgan fingerprint density at radius 3 is 1.56 bits per heavy atom. The molecule has 59 heavy (non-hydrogen) atoms. The van der Waals surface area contributed by atoms with E-state index in [0.717, 1.165) is 83.3 Å². The van der Waals surface area contributed by atoms with Gasteiger partial charge in [0.25, 0.3) is 0 Å². The van der Waals surface area contributed by atoms with E-state index in [4.69, 9.17) is 19.4 Å². The van der Waals surface area contributed by atoms with Crippen LogP contribution >= 0.6 is 0 Å². The van der Waals surface area contributed by atoms with Crippen molar-refractivity contribution in [2.24, 2.45) is 0 Å². The lowest BCUT2D eigenvalue weighted by atomic mass is 10.0. The van der Waals surface area contributed by atoms with Gasteiger partial charge in [-0.2, -0.15) is 0 Å². The molecule has 0 unspecified atom stereocenters. The van der Waals surface area contributed by atoms with Crippen LogP contribution in [0.4, 0.5) is 0 Å². The smallest absolute Gasteiger partial charge is 0.235 e. The number of hydrogen-bond donors (Lipinski definition) is 0. The van der Waals surface area contributed by atoms with Gasteiger partial charge in [0, 0.05) is 38.2 Å². The van der Waals surface area contributed by atoms with Crippen LogP contribution in [-0.4, -0.2) is 24.1 Å². The van der Waals surface area contributed by atoms with Gasteiger partial charge in [0.05, 0.1) is 39.1 Å². The van der Waals surface area contributed by atoms with Gasteiger partial charge in [-0.1, -0.05) is 152 Å². The number of aromatic nitrogens is 5. The molecule has 0 saturated carbocycles. The quantitative estimate of drug-likeness (QED) is 0.170. The zero-order valence-electron chi connectivity index (χ0n) is 31.7. The van der Waals surface area contributed by atoms with Crippen molar-refractivity contribution in [2.75, 3.05) is 0 Å². The average molecular weight is 756 g/mol. The number of para-hydroxylation sites is 3. The van der Waals surface area contributed by atoms with Crippen molar-refractivity contribution >= 4 is 54.7 Å². The van der Waals surface area contributed by atoms with Crippen molar-refractivity contribution in [1.29, 1.82) is 0 Å². The summed E-state index contributed by atoms with van der Waals surface area (Å²) in [6, 6.07) is 69.6. The maximum atomic E-state index is 6.48. The summed E-state index contributed by atoms with van der Waals surface area (Å²) in [4.78, 5) is 16.1. The summed E-state index contributed by atoms with van der Waals surface area (Å²) in [5.74, 6) is 1.14. The molecule has 12 rings (SSSR count). The Balaban J connectivity index is 1.19. The van der Waals surface area contributed by atoms with Crippen molar-refractivity contribution in [3.8, 4) is 56.7 Å². The molecule has 6 nitrogen and oxygen atoms in total. The zero-order chi connectivity index (χ0) is 38.9. The third-order valence-electron chi connectivity index (χ3n) is 11.4. The van der Waals surface area contributed by atoms with Crippen LogP contribution in [0.3, 0.4) is 0 Å². The molecule has 0 aliphatic rings. The molecule has 0 amide bonds. The Morgan fingerprint density at radius 1 is 0.373 bits per heavy atom. The highest BCUT2D eigenvalue weighted by atomic mass is 16.3. The lowest BCUT2D eigenvalue weighted by molar-refractivity contribution is 0.620. The number of nitrogens with zero attached hydrogens (tertiary/aromatic N) is 5. The van der Waals surface area contributed by atoms with Gasteiger partial charge in [-0.3, -0.25) is 4.57 Å². The largest absolute Gasteiger partial charge is 0.436 e. The molecule has 6 heteroatoms. The predicted molar refractivity (Wildman–Crippen MR) is 240 cm³/mol. The predicted octanol–water partition coefficient (Wildman–Crippen LogP) is 13.5. The van der Waals surface area contributed by atoms with Gasteiger partial charge >= 0.3 is 0 Å². The van der Waals surface area contributed by atoms with Crippen LogP contribution in [0, 0.1) is 0 Å². The molecule has 4 aromatic heterocycles. The molecule has 0 saturated heterocycles. The molecule has 0 aliphatic heterocycles. The molecule has 0 spiro atoms. The summed E-state index contributed by atoms with van der Waals surface area (Å²) in [6.07, 6.45) is 0. The Hall–Kier alpha value is -8.09. The molecule has 0 radical (unpaired) electrons. The summed E-state index contributed by atoms with van der Waals surface area (Å²) in [6.45, 7) is 0. The average Bonchev–Trinajstić information content (AvgIpc) is 4.00. The molecule has 0 atom stereocenters. The van der Waals surface area contributed by atoms with Crippen LogP contribution in [-0.2, 0) is 0 Å². The van der Waals surface area contributed by atoms with Crippen LogP contribution in [0.5, 0.6) is 0 Å². The SMILES string of the molecule is c1ccc(-c2ccc(-c3cc(-c4ccccc4)nc(-n4c5ccc6oc(-c7ccccc7)nc6c5c5cccc(-n6c7ccccc7c7ccccc76)c54)n3)cc2)cc1. The Kier molecular flexibility index (Phi) is 7.43. The van der Waals surface area contributed by atoms with Crippen molar-refractivity contribution in [3.05, 3.63) is 200 Å². The third kappa shape index (κ3) is 5.31. The number of hydrogen-bond acceptors (Lipinski definition) is 4. The van der Waals surface area contributed by atoms with Crippen molar-refractivity contribution < 1.29 is 4.42 Å². The molecule has 276 valence electrons. The maximum absolute atomic E-state index is 6.48. The normalized spacial score (nSPS) is 11.7. The fourth-order valence-corrected chi connectivity index (χ4v) is 8.70. The van der Waals surface area contributed by atoms with Gasteiger partial charge in [-0.05, 0) is 59.7 Å². The summed E-state index contributed by atoms with van der Waals surface area (Å²) in [5.41, 5.74) is 13.6. The van der Waals surface area contributed by atoms with E-state index in [9.17, 15) is 0 Å². The first-order chi connectivity index (χ1) is 29.3. The van der Waals surface area contributed by atoms with Crippen LogP contribution in [0.15, 0.2) is 205 Å². The van der Waals surface area contributed by atoms with Crippen molar-refractivity contribution in [3.63, 3.8) is 0 Å². The van der Waals surface area contributed by atoms with Gasteiger partial charge < -0.3 is 8.98 Å². The molecule has 8 aromatic carbocycles. The molecular formula is C53H33N5O. The molecule has 0 bridgehead atoms. The number of oxazole rings is 1. The van der Waals surface area contributed by atoms with Gasteiger partial charge in [0.2, 0.25) is 11.8 Å². The molecule has 4 heterocycles. The highest BCUT2D eigenvalue weighted by Gasteiger charge is 2.25. The minimum atomic E-state index is 0.563. The molecule has 0 aliphatic carbocycles. The minimum absolute atomic E-state index is 0.563. The third-order valence-corrected chi connectivity index (χ3v) is 11.4. The van der Waals surface area contributed by atoms with Crippen LogP contribution < -0.4 is 0 Å². The fraction of sp³-hybridized carbons (Fsp3) is 0. The minimum Gasteiger partial charge on any atom is -0.436 e. The first-order valence-electron chi connectivity index (χ1n) is 19.8. The van der Waals surface area contributed by atoms with Gasteiger partial charge in [0.15, 0.2) is 5.58 Å². The van der Waals surface area contributed by atoms with E-state index >= 15 is 0 Å². The summed E-state index contributed by atoms with van der Waals surface area (Å²) in [7, 11) is 0. The highest BCUT2D eigenvalue weighted by molar-refractivity contribution is 6.22. The molecular weight excluding hydrogens is 723 g/mol. The summed E-state index contributed by atoms with van der Waals surface area (Å²) in [5, 5.41) is 4.39. The van der Waals surface area contributed by atoms with E-state index in [1.165, 1.54) is 16.3 Å². The van der Waals surface area contributed by atoms with Crippen molar-refractivity contribution in [2.45, 2.75) is 0 Å². The topological polar surface area (TPSA) is 61.7 Å². The molecule has 0 fully saturated rings. The number of rotatable bonds is 6. The maximum Gasteiger partial charge on any atom is 0.235 e. The second-order valence-corrected chi connectivity index (χ2v) is 14.8. The van der Waals surface area contributed by atoms with E-state index in [1.807, 2.05) is 48.5 Å².